The molecule has 0 unspecified atom stereocenters. The average molecular weight is 272 g/mol. The number of hydrogen-bond acceptors (Lipinski definition) is 4. The molecule has 0 atom stereocenters. The molecule has 0 amide bonds. The Morgan fingerprint density at radius 2 is 2.15 bits per heavy atom. The van der Waals surface area contributed by atoms with Gasteiger partial charge in [-0.25, -0.2) is 4.79 Å². The minimum absolute atomic E-state index is 0.0322. The Morgan fingerprint density at radius 1 is 1.35 bits per heavy atom. The van der Waals surface area contributed by atoms with Gasteiger partial charge in [0.15, 0.2) is 11.5 Å². The lowest BCUT2D eigenvalue weighted by Crippen LogP contribution is -2.22. The summed E-state index contributed by atoms with van der Waals surface area (Å²) in [6, 6.07) is 9.95. The number of hydrogen-bond donors (Lipinski definition) is 1. The van der Waals surface area contributed by atoms with Crippen molar-refractivity contribution in [2.45, 2.75) is 25.9 Å². The van der Waals surface area contributed by atoms with Crippen molar-refractivity contribution < 1.29 is 14.4 Å². The normalized spacial score (nSPS) is 15.6. The largest absolute Gasteiger partial charge is 0.476 e. The highest BCUT2D eigenvalue weighted by Crippen LogP contribution is 2.20. The van der Waals surface area contributed by atoms with Crippen molar-refractivity contribution in [1.82, 2.24) is 10.1 Å². The number of fused-ring (bicyclic) bond motifs is 1. The second-order valence-electron chi connectivity index (χ2n) is 5.07. The Kier molecular flexibility index (Phi) is 3.52. The van der Waals surface area contributed by atoms with Gasteiger partial charge in [0.05, 0.1) is 6.54 Å². The fourth-order valence-corrected chi connectivity index (χ4v) is 2.61. The predicted octanol–water partition coefficient (Wildman–Crippen LogP) is 2.32. The first-order chi connectivity index (χ1) is 9.72. The molecule has 20 heavy (non-hydrogen) atoms. The number of carboxylic acid groups (broad SMARTS) is 1. The molecule has 1 N–H and O–H groups in total. The first-order valence-corrected chi connectivity index (χ1v) is 6.70. The number of aryl methyl sites for hydroxylation is 1. The van der Waals surface area contributed by atoms with E-state index >= 15 is 0 Å². The summed E-state index contributed by atoms with van der Waals surface area (Å²) in [4.78, 5) is 13.1. The van der Waals surface area contributed by atoms with Crippen molar-refractivity contribution in [1.29, 1.82) is 0 Å². The molecule has 5 nitrogen and oxygen atoms in total. The number of aromatic nitrogens is 1. The highest BCUT2D eigenvalue weighted by atomic mass is 16.5. The van der Waals surface area contributed by atoms with Gasteiger partial charge in [0.2, 0.25) is 0 Å². The molecule has 1 aromatic carbocycles. The first-order valence-electron chi connectivity index (χ1n) is 6.70. The zero-order chi connectivity index (χ0) is 13.9. The molecule has 1 aliphatic rings. The molecule has 0 radical (unpaired) electrons. The van der Waals surface area contributed by atoms with Crippen LogP contribution in [0.1, 0.15) is 33.8 Å². The van der Waals surface area contributed by atoms with Crippen molar-refractivity contribution in [2.75, 3.05) is 6.54 Å². The number of carbonyl (C=O) groups is 1. The van der Waals surface area contributed by atoms with E-state index in [4.69, 9.17) is 9.63 Å². The van der Waals surface area contributed by atoms with Gasteiger partial charge in [-0.3, -0.25) is 4.90 Å². The molecule has 2 heterocycles. The average Bonchev–Trinajstić information content (AvgIpc) is 2.80. The Bertz CT molecular complexity index is 621. The van der Waals surface area contributed by atoms with E-state index in [1.165, 1.54) is 17.2 Å². The second-order valence-corrected chi connectivity index (χ2v) is 5.07. The summed E-state index contributed by atoms with van der Waals surface area (Å²) in [5, 5.41) is 12.4. The van der Waals surface area contributed by atoms with Crippen molar-refractivity contribution in [3.8, 4) is 0 Å². The van der Waals surface area contributed by atoms with Gasteiger partial charge in [0.25, 0.3) is 0 Å². The maximum absolute atomic E-state index is 10.8. The van der Waals surface area contributed by atoms with Crippen LogP contribution in [-0.2, 0) is 19.5 Å². The SMILES string of the molecule is O=C(O)c1cc(CN2CCCc3ccccc3C2)on1. The summed E-state index contributed by atoms with van der Waals surface area (Å²) in [6.07, 6.45) is 2.18. The van der Waals surface area contributed by atoms with E-state index in [1.54, 1.807) is 0 Å². The molecule has 0 aliphatic carbocycles. The van der Waals surface area contributed by atoms with Crippen LogP contribution in [0, 0.1) is 0 Å². The summed E-state index contributed by atoms with van der Waals surface area (Å²) >= 11 is 0. The lowest BCUT2D eigenvalue weighted by Gasteiger charge is -2.18. The highest BCUT2D eigenvalue weighted by Gasteiger charge is 2.17. The monoisotopic (exact) mass is 272 g/mol. The van der Waals surface area contributed by atoms with Crippen LogP contribution in [0.4, 0.5) is 0 Å². The maximum atomic E-state index is 10.8. The predicted molar refractivity (Wildman–Crippen MR) is 72.3 cm³/mol. The molecular weight excluding hydrogens is 256 g/mol. The van der Waals surface area contributed by atoms with Crippen LogP contribution < -0.4 is 0 Å². The summed E-state index contributed by atoms with van der Waals surface area (Å²) < 4.78 is 5.08. The molecule has 2 aromatic rings. The lowest BCUT2D eigenvalue weighted by molar-refractivity contribution is 0.0685. The van der Waals surface area contributed by atoms with Crippen molar-refractivity contribution in [2.24, 2.45) is 0 Å². The molecule has 0 saturated heterocycles. The summed E-state index contributed by atoms with van der Waals surface area (Å²) in [5.74, 6) is -0.456. The van der Waals surface area contributed by atoms with Gasteiger partial charge in [-0.05, 0) is 30.5 Å². The van der Waals surface area contributed by atoms with Gasteiger partial charge in [-0.2, -0.15) is 0 Å². The first kappa shape index (κ1) is 12.9. The van der Waals surface area contributed by atoms with Crippen LogP contribution >= 0.6 is 0 Å². The lowest BCUT2D eigenvalue weighted by atomic mass is 10.0. The van der Waals surface area contributed by atoms with Crippen LogP contribution in [0.3, 0.4) is 0 Å². The van der Waals surface area contributed by atoms with E-state index in [0.717, 1.165) is 25.9 Å². The quantitative estimate of drug-likeness (QED) is 0.928. The van der Waals surface area contributed by atoms with Gasteiger partial charge in [0, 0.05) is 12.6 Å². The molecule has 104 valence electrons. The molecule has 0 saturated carbocycles. The fourth-order valence-electron chi connectivity index (χ4n) is 2.61. The third kappa shape index (κ3) is 2.72. The highest BCUT2D eigenvalue weighted by molar-refractivity contribution is 5.85. The Labute approximate surface area is 116 Å². The third-order valence-corrected chi connectivity index (χ3v) is 3.59. The van der Waals surface area contributed by atoms with Crippen LogP contribution in [0.15, 0.2) is 34.9 Å². The van der Waals surface area contributed by atoms with E-state index < -0.39 is 5.97 Å². The second kappa shape index (κ2) is 5.46. The maximum Gasteiger partial charge on any atom is 0.358 e. The number of benzene rings is 1. The number of aromatic carboxylic acids is 1. The van der Waals surface area contributed by atoms with Crippen molar-refractivity contribution in [3.05, 3.63) is 52.9 Å². The van der Waals surface area contributed by atoms with E-state index in [2.05, 4.69) is 34.3 Å². The van der Waals surface area contributed by atoms with Gasteiger partial charge in [-0.1, -0.05) is 29.4 Å². The van der Waals surface area contributed by atoms with Crippen LogP contribution in [0.5, 0.6) is 0 Å². The van der Waals surface area contributed by atoms with Gasteiger partial charge < -0.3 is 9.63 Å². The molecule has 5 heteroatoms. The van der Waals surface area contributed by atoms with E-state index in [-0.39, 0.29) is 5.69 Å². The summed E-state index contributed by atoms with van der Waals surface area (Å²) in [5.41, 5.74) is 2.71. The zero-order valence-corrected chi connectivity index (χ0v) is 11.1. The minimum Gasteiger partial charge on any atom is -0.476 e. The summed E-state index contributed by atoms with van der Waals surface area (Å²) in [7, 11) is 0. The van der Waals surface area contributed by atoms with Gasteiger partial charge in [0.1, 0.15) is 0 Å². The third-order valence-electron chi connectivity index (χ3n) is 3.59. The van der Waals surface area contributed by atoms with E-state index in [0.29, 0.717) is 12.3 Å². The number of nitrogens with zero attached hydrogens (tertiary/aromatic N) is 2. The Hall–Kier alpha value is -2.14. The molecule has 0 spiro atoms. The number of carboxylic acids is 1. The van der Waals surface area contributed by atoms with Crippen LogP contribution in [-0.4, -0.2) is 27.7 Å². The van der Waals surface area contributed by atoms with Crippen LogP contribution in [0.2, 0.25) is 0 Å². The van der Waals surface area contributed by atoms with E-state index in [1.807, 2.05) is 0 Å². The van der Waals surface area contributed by atoms with Crippen LogP contribution in [0.25, 0.3) is 0 Å². The molecule has 0 fully saturated rings. The van der Waals surface area contributed by atoms with E-state index in [9.17, 15) is 4.79 Å². The molecular formula is C15H16N2O3. The summed E-state index contributed by atoms with van der Waals surface area (Å²) in [6.45, 7) is 2.42. The molecule has 1 aromatic heterocycles. The smallest absolute Gasteiger partial charge is 0.358 e. The topological polar surface area (TPSA) is 66.6 Å². The number of rotatable bonds is 3. The van der Waals surface area contributed by atoms with Crippen molar-refractivity contribution >= 4 is 5.97 Å². The molecule has 1 aliphatic heterocycles. The van der Waals surface area contributed by atoms with Gasteiger partial charge >= 0.3 is 5.97 Å². The molecule has 3 rings (SSSR count). The fraction of sp³-hybridized carbons (Fsp3) is 0.333. The minimum atomic E-state index is -1.05. The molecule has 0 bridgehead atoms. The van der Waals surface area contributed by atoms with Gasteiger partial charge in [-0.15, -0.1) is 0 Å². The Balaban J connectivity index is 1.73. The zero-order valence-electron chi connectivity index (χ0n) is 11.1. The Morgan fingerprint density at radius 3 is 2.90 bits per heavy atom. The standard InChI is InChI=1S/C15H16N2O3/c18-15(19)14-8-13(20-16-14)10-17-7-3-6-11-4-1-2-5-12(11)9-17/h1-2,4-5,8H,3,6-7,9-10H2,(H,18,19). The van der Waals surface area contributed by atoms with Crippen molar-refractivity contribution in [3.63, 3.8) is 0 Å².